The van der Waals surface area contributed by atoms with Gasteiger partial charge in [0.1, 0.15) is 12.7 Å². The topological polar surface area (TPSA) is 100.0 Å². The zero-order valence-corrected chi connectivity index (χ0v) is 16.8. The predicted octanol–water partition coefficient (Wildman–Crippen LogP) is 1.81. The maximum atomic E-state index is 9.63. The first-order chi connectivity index (χ1) is 11.7. The van der Waals surface area contributed by atoms with Crippen molar-refractivity contribution in [2.75, 3.05) is 32.8 Å². The molecule has 2 heterocycles. The molecule has 1 saturated heterocycles. The molecule has 0 aliphatic carbocycles. The second-order valence-electron chi connectivity index (χ2n) is 6.77. The number of aromatic nitrogens is 2. The van der Waals surface area contributed by atoms with Gasteiger partial charge in [0.05, 0.1) is 31.0 Å². The minimum atomic E-state index is -0.600. The maximum absolute atomic E-state index is 9.63. The van der Waals surface area contributed by atoms with Crippen molar-refractivity contribution >= 4 is 23.3 Å². The molecule has 1 aromatic rings. The summed E-state index contributed by atoms with van der Waals surface area (Å²) in [4.78, 5) is 0. The molecule has 0 aromatic carbocycles. The number of hydrogen-bond donors (Lipinski definition) is 3. The molecule has 1 aliphatic heterocycles. The Balaban J connectivity index is 0.000000293. The van der Waals surface area contributed by atoms with Crippen molar-refractivity contribution < 1.29 is 19.8 Å². The van der Waals surface area contributed by atoms with Crippen LogP contribution in [0.5, 0.6) is 5.88 Å². The third kappa shape index (κ3) is 10.2. The average Bonchev–Trinajstić information content (AvgIpc) is 2.96. The summed E-state index contributed by atoms with van der Waals surface area (Å²) in [5.74, 6) is 0.279. The van der Waals surface area contributed by atoms with E-state index in [1.165, 1.54) is 5.06 Å². The summed E-state index contributed by atoms with van der Waals surface area (Å²) in [6, 6.07) is 0. The van der Waals surface area contributed by atoms with Gasteiger partial charge in [-0.05, 0) is 27.2 Å². The molecule has 8 nitrogen and oxygen atoms in total. The molecule has 2 atom stereocenters. The van der Waals surface area contributed by atoms with Gasteiger partial charge in [-0.2, -0.15) is 9.44 Å². The van der Waals surface area contributed by atoms with Crippen LogP contribution in [0.4, 0.5) is 0 Å². The summed E-state index contributed by atoms with van der Waals surface area (Å²) in [7, 11) is 0. The summed E-state index contributed by atoms with van der Waals surface area (Å²) in [6.45, 7) is 10.7. The van der Waals surface area contributed by atoms with Gasteiger partial charge < -0.3 is 25.1 Å². The lowest BCUT2D eigenvalue weighted by molar-refractivity contribution is -0.169. The highest BCUT2D eigenvalue weighted by Gasteiger charge is 2.16. The highest BCUT2D eigenvalue weighted by Crippen LogP contribution is 2.20. The van der Waals surface area contributed by atoms with E-state index in [9.17, 15) is 5.11 Å². The first kappa shape index (κ1) is 22.5. The molecule has 25 heavy (non-hydrogen) atoms. The molecule has 10 heteroatoms. The Hall–Kier alpha value is -0.550. The Morgan fingerprint density at radius 1 is 1.48 bits per heavy atom. The normalized spacial score (nSPS) is 19.9. The summed E-state index contributed by atoms with van der Waals surface area (Å²) >= 11 is 6.67. The lowest BCUT2D eigenvalue weighted by atomic mass is 10.1. The van der Waals surface area contributed by atoms with Crippen molar-refractivity contribution in [1.29, 1.82) is 0 Å². The van der Waals surface area contributed by atoms with Crippen LogP contribution in [-0.4, -0.2) is 74.7 Å². The van der Waals surface area contributed by atoms with Crippen LogP contribution in [0.15, 0.2) is 0 Å². The van der Waals surface area contributed by atoms with Crippen molar-refractivity contribution in [3.05, 3.63) is 5.15 Å². The second-order valence-corrected chi connectivity index (χ2v) is 7.66. The van der Waals surface area contributed by atoms with Crippen LogP contribution in [-0.2, 0) is 4.74 Å². The third-order valence-corrected chi connectivity index (χ3v) is 4.13. The van der Waals surface area contributed by atoms with E-state index in [2.05, 4.69) is 21.0 Å². The van der Waals surface area contributed by atoms with E-state index in [4.69, 9.17) is 26.3 Å². The summed E-state index contributed by atoms with van der Waals surface area (Å²) < 4.78 is 18.1. The molecular formula is C15H29ClN4O4S. The molecule has 0 bridgehead atoms. The van der Waals surface area contributed by atoms with Gasteiger partial charge in [0.2, 0.25) is 5.15 Å². The molecule has 1 aromatic heterocycles. The number of hydroxylamine groups is 2. The number of morpholine rings is 1. The quantitative estimate of drug-likeness (QED) is 0.669. The van der Waals surface area contributed by atoms with E-state index in [-0.39, 0.29) is 29.3 Å². The minimum absolute atomic E-state index is 0.0270. The number of hydrogen-bond acceptors (Lipinski definition) is 9. The average molecular weight is 397 g/mol. The molecule has 0 amide bonds. The van der Waals surface area contributed by atoms with Gasteiger partial charge in [-0.15, -0.1) is 4.37 Å². The van der Waals surface area contributed by atoms with Crippen molar-refractivity contribution in [3.8, 4) is 5.88 Å². The van der Waals surface area contributed by atoms with Crippen LogP contribution in [0.1, 0.15) is 34.1 Å². The van der Waals surface area contributed by atoms with Crippen molar-refractivity contribution in [2.45, 2.75) is 51.9 Å². The van der Waals surface area contributed by atoms with Crippen LogP contribution in [0.3, 0.4) is 0 Å². The van der Waals surface area contributed by atoms with Gasteiger partial charge in [0, 0.05) is 18.6 Å². The summed E-state index contributed by atoms with van der Waals surface area (Å²) in [5, 5.41) is 23.3. The number of nitrogens with one attached hydrogen (secondary N) is 1. The lowest BCUT2D eigenvalue weighted by Crippen LogP contribution is -2.42. The number of aliphatic hydroxyl groups excluding tert-OH is 1. The largest absolute Gasteiger partial charge is 0.472 e. The fraction of sp³-hybridized carbons (Fsp3) is 0.867. The highest BCUT2D eigenvalue weighted by molar-refractivity contribution is 6.99. The van der Waals surface area contributed by atoms with Crippen molar-refractivity contribution in [2.24, 2.45) is 0 Å². The van der Waals surface area contributed by atoms with E-state index >= 15 is 0 Å². The van der Waals surface area contributed by atoms with Crippen LogP contribution >= 0.6 is 23.3 Å². The van der Waals surface area contributed by atoms with Gasteiger partial charge in [0.15, 0.2) is 0 Å². The second kappa shape index (κ2) is 11.2. The number of rotatable bonds is 6. The Morgan fingerprint density at radius 2 is 2.20 bits per heavy atom. The number of nitrogens with zero attached hydrogens (tertiary/aromatic N) is 3. The van der Waals surface area contributed by atoms with E-state index in [1.54, 1.807) is 0 Å². The van der Waals surface area contributed by atoms with Crippen molar-refractivity contribution in [3.63, 3.8) is 0 Å². The van der Waals surface area contributed by atoms with Crippen LogP contribution in [0, 0.1) is 0 Å². The molecule has 146 valence electrons. The zero-order valence-electron chi connectivity index (χ0n) is 15.2. The summed E-state index contributed by atoms with van der Waals surface area (Å²) in [6.07, 6.45) is 0.623. The van der Waals surface area contributed by atoms with Gasteiger partial charge in [-0.25, -0.2) is 0 Å². The Morgan fingerprint density at radius 3 is 2.68 bits per heavy atom. The molecule has 0 spiro atoms. The van der Waals surface area contributed by atoms with E-state index in [1.807, 2.05) is 20.8 Å². The van der Waals surface area contributed by atoms with Gasteiger partial charge in [0.25, 0.3) is 5.88 Å². The predicted molar refractivity (Wildman–Crippen MR) is 97.6 cm³/mol. The third-order valence-electron chi connectivity index (χ3n) is 3.27. The molecular weight excluding hydrogens is 368 g/mol. The zero-order chi connectivity index (χ0) is 18.9. The number of β-amino-alcohol motifs (C(OH)–C–C–N with tert-alkyl or cyclic N) is 1. The van der Waals surface area contributed by atoms with E-state index in [0.717, 1.165) is 18.1 Å². The Labute approximate surface area is 158 Å². The first-order valence-electron chi connectivity index (χ1n) is 8.30. The molecule has 1 unspecified atom stereocenters. The minimum Gasteiger partial charge on any atom is -0.472 e. The first-order valence-corrected chi connectivity index (χ1v) is 9.41. The Kier molecular flexibility index (Phi) is 10.1. The molecule has 0 saturated carbocycles. The molecule has 1 aliphatic rings. The molecule has 0 radical (unpaired) electrons. The highest BCUT2D eigenvalue weighted by atomic mass is 35.5. The Bertz CT molecular complexity index is 486. The smallest absolute Gasteiger partial charge is 0.265 e. The molecule has 1 fully saturated rings. The maximum Gasteiger partial charge on any atom is 0.265 e. The summed E-state index contributed by atoms with van der Waals surface area (Å²) in [5.41, 5.74) is -0.0270. The molecule has 3 N–H and O–H groups in total. The molecule has 2 rings (SSSR count). The number of aliphatic hydroxyl groups is 1. The fourth-order valence-electron chi connectivity index (χ4n) is 1.86. The van der Waals surface area contributed by atoms with Crippen molar-refractivity contribution in [1.82, 2.24) is 19.1 Å². The number of ether oxygens (including phenoxy) is 2. The van der Waals surface area contributed by atoms with Crippen LogP contribution < -0.4 is 10.1 Å². The van der Waals surface area contributed by atoms with Gasteiger partial charge >= 0.3 is 0 Å². The van der Waals surface area contributed by atoms with E-state index in [0.29, 0.717) is 26.2 Å². The lowest BCUT2D eigenvalue weighted by Gasteiger charge is -2.27. The fourth-order valence-corrected chi connectivity index (χ4v) is 2.51. The van der Waals surface area contributed by atoms with Gasteiger partial charge in [-0.3, -0.25) is 0 Å². The standard InChI is InChI=1S/C9H16ClN3O2S.C6H13NO2/c1-9(2,3)11-4-6(14)5-15-8-7(10)12-16-13-8;1-2-6-5-7(8)3-4-9-6/h6,11,14H,4-5H2,1-3H3;6,8H,2-5H2,1H3/t6-;/m0./s1. The van der Waals surface area contributed by atoms with Crippen LogP contribution in [0.25, 0.3) is 0 Å². The monoisotopic (exact) mass is 396 g/mol. The number of halogens is 1. The SMILES string of the molecule is CC(C)(C)NC[C@H](O)COc1nsnc1Cl.CCC1CN(O)CCO1. The van der Waals surface area contributed by atoms with Gasteiger partial charge in [-0.1, -0.05) is 18.5 Å². The van der Waals surface area contributed by atoms with Crippen LogP contribution in [0.2, 0.25) is 5.15 Å². The van der Waals surface area contributed by atoms with E-state index < -0.39 is 6.10 Å².